The monoisotopic (exact) mass is 393 g/mol. The normalized spacial score (nSPS) is 19.5. The van der Waals surface area contributed by atoms with Crippen LogP contribution in [0.5, 0.6) is 0 Å². The van der Waals surface area contributed by atoms with E-state index in [0.29, 0.717) is 0 Å². The van der Waals surface area contributed by atoms with Gasteiger partial charge >= 0.3 is 115 Å². The Morgan fingerprint density at radius 1 is 1.41 bits per heavy atom. The molecule has 5 heteroatoms. The summed E-state index contributed by atoms with van der Waals surface area (Å²) in [5.74, 6) is -0.485. The first-order chi connectivity index (χ1) is 8.08. The summed E-state index contributed by atoms with van der Waals surface area (Å²) in [6.07, 6.45) is -0.107. The van der Waals surface area contributed by atoms with E-state index >= 15 is 0 Å². The van der Waals surface area contributed by atoms with Crippen molar-refractivity contribution < 1.29 is 9.59 Å². The summed E-state index contributed by atoms with van der Waals surface area (Å²) in [4.78, 5) is 22.8. The number of nitrogens with two attached hydrogens (primary N) is 1. The summed E-state index contributed by atoms with van der Waals surface area (Å²) >= 11 is 1.41. The van der Waals surface area contributed by atoms with E-state index in [1.807, 2.05) is 6.07 Å². The van der Waals surface area contributed by atoms with Crippen LogP contribution in [0.15, 0.2) is 26.5 Å². The molecule has 3 aliphatic heterocycles. The van der Waals surface area contributed by atoms with Crippen molar-refractivity contribution in [2.75, 3.05) is 0 Å². The molecular formula is C12H9BrInNO2. The second-order valence-corrected chi connectivity index (χ2v) is 13.0. The topological polar surface area (TPSA) is 60.2 Å². The van der Waals surface area contributed by atoms with Gasteiger partial charge in [-0.3, -0.25) is 0 Å². The number of hydrogen-bond donors (Lipinski definition) is 1. The number of amides is 1. The third kappa shape index (κ3) is 1.71. The van der Waals surface area contributed by atoms with Crippen molar-refractivity contribution in [1.29, 1.82) is 0 Å². The van der Waals surface area contributed by atoms with Crippen molar-refractivity contribution in [3.63, 3.8) is 0 Å². The average Bonchev–Trinajstić information content (AvgIpc) is 2.66. The zero-order chi connectivity index (χ0) is 12.2. The van der Waals surface area contributed by atoms with Crippen LogP contribution in [-0.2, 0) is 9.59 Å². The van der Waals surface area contributed by atoms with Crippen LogP contribution in [0.4, 0.5) is 0 Å². The van der Waals surface area contributed by atoms with Crippen LogP contribution in [-0.4, -0.2) is 33.1 Å². The molecule has 0 saturated carbocycles. The molecule has 1 unspecified atom stereocenters. The molecule has 0 fully saturated rings. The number of rotatable bonds is 3. The number of hydrogen-bond acceptors (Lipinski definition) is 2. The molecule has 1 atom stereocenters. The number of primary amides is 1. The number of allylic oxidation sites excluding steroid dienone is 1. The van der Waals surface area contributed by atoms with Crippen molar-refractivity contribution in [1.82, 2.24) is 0 Å². The molecule has 0 aromatic heterocycles. The zero-order valence-corrected chi connectivity index (χ0v) is 13.8. The van der Waals surface area contributed by atoms with Gasteiger partial charge in [0.15, 0.2) is 0 Å². The molecule has 0 spiro atoms. The van der Waals surface area contributed by atoms with Gasteiger partial charge in [-0.25, -0.2) is 0 Å². The number of ketones is 1. The van der Waals surface area contributed by atoms with Crippen LogP contribution < -0.4 is 9.05 Å². The summed E-state index contributed by atoms with van der Waals surface area (Å²) < 4.78 is 4.81. The van der Waals surface area contributed by atoms with Gasteiger partial charge in [-0.1, -0.05) is 0 Å². The van der Waals surface area contributed by atoms with E-state index in [4.69, 9.17) is 5.73 Å². The number of benzene rings is 1. The Labute approximate surface area is 115 Å². The third-order valence-electron chi connectivity index (χ3n) is 3.43. The molecular weight excluding hydrogens is 385 g/mol. The predicted octanol–water partition coefficient (Wildman–Crippen LogP) is 0.915. The van der Waals surface area contributed by atoms with Gasteiger partial charge in [0, 0.05) is 0 Å². The molecule has 17 heavy (non-hydrogen) atoms. The minimum absolute atomic E-state index is 0.0307. The molecule has 3 aliphatic rings. The first kappa shape index (κ1) is 11.5. The Bertz CT molecular complexity index is 582. The first-order valence-corrected chi connectivity index (χ1v) is 11.6. The van der Waals surface area contributed by atoms with E-state index in [0.717, 1.165) is 10.0 Å². The Balaban J connectivity index is 1.91. The van der Waals surface area contributed by atoms with Gasteiger partial charge in [0.1, 0.15) is 0 Å². The van der Waals surface area contributed by atoms with E-state index in [-0.39, 0.29) is 15.9 Å². The molecule has 84 valence electrons. The zero-order valence-electron chi connectivity index (χ0n) is 8.94. The van der Waals surface area contributed by atoms with Crippen LogP contribution in [0, 0.1) is 0 Å². The Morgan fingerprint density at radius 3 is 2.88 bits per heavy atom. The average molecular weight is 394 g/mol. The van der Waals surface area contributed by atoms with Gasteiger partial charge in [-0.05, 0) is 0 Å². The molecule has 0 aliphatic carbocycles. The van der Waals surface area contributed by atoms with Crippen molar-refractivity contribution in [3.05, 3.63) is 32.1 Å². The van der Waals surface area contributed by atoms with E-state index in [9.17, 15) is 9.59 Å². The fraction of sp³-hybridized carbons (Fsp3) is 0.167. The third-order valence-corrected chi connectivity index (χ3v) is 13.6. The van der Waals surface area contributed by atoms with Crippen LogP contribution in [0.25, 0.3) is 5.57 Å². The number of halogens is 1. The summed E-state index contributed by atoms with van der Waals surface area (Å²) in [5.41, 5.74) is 7.46. The molecule has 0 saturated heterocycles. The van der Waals surface area contributed by atoms with E-state index in [1.54, 1.807) is 0 Å². The fourth-order valence-corrected chi connectivity index (χ4v) is 12.4. The van der Waals surface area contributed by atoms with Gasteiger partial charge < -0.3 is 0 Å². The van der Waals surface area contributed by atoms with E-state index in [1.165, 1.54) is 8.88 Å². The Morgan fingerprint density at radius 2 is 2.18 bits per heavy atom. The van der Waals surface area contributed by atoms with Gasteiger partial charge in [-0.2, -0.15) is 0 Å². The van der Waals surface area contributed by atoms with E-state index in [2.05, 4.69) is 31.9 Å². The Hall–Kier alpha value is -0.550. The summed E-state index contributed by atoms with van der Waals surface area (Å²) in [7, 11) is 0. The van der Waals surface area contributed by atoms with Gasteiger partial charge in [0.05, 0.1) is 0 Å². The molecule has 4 rings (SSSR count). The van der Waals surface area contributed by atoms with Crippen LogP contribution in [0.2, 0.25) is 3.67 Å². The quantitative estimate of drug-likeness (QED) is 0.776. The summed E-state index contributed by atoms with van der Waals surface area (Å²) in [6.45, 7) is 0. The minimum atomic E-state index is -2.04. The molecule has 1 amide bonds. The number of Topliss-reactive ketones (excluding diaryl/α,β-unsaturated/α-hetero) is 1. The molecule has 3 heterocycles. The van der Waals surface area contributed by atoms with Crippen LogP contribution in [0.1, 0.15) is 12.0 Å². The maximum absolute atomic E-state index is 11.9. The van der Waals surface area contributed by atoms with Crippen molar-refractivity contribution in [3.8, 4) is 0 Å². The molecule has 0 radical (unpaired) electrons. The van der Waals surface area contributed by atoms with E-state index < -0.39 is 27.3 Å². The standard InChI is InChI=1S/C12H9BrNO2.In/c1-8(5-11(15)7-12(14)16)9-3-2-4-10(13)6-9;/h1-2,4-6H,7H2,(H2,14,16);. The van der Waals surface area contributed by atoms with Crippen LogP contribution >= 0.6 is 15.9 Å². The van der Waals surface area contributed by atoms with Crippen molar-refractivity contribution >= 4 is 58.0 Å². The molecule has 2 bridgehead atoms. The second-order valence-electron chi connectivity index (χ2n) is 4.47. The van der Waals surface area contributed by atoms with Gasteiger partial charge in [-0.15, -0.1) is 0 Å². The van der Waals surface area contributed by atoms with Gasteiger partial charge in [0.2, 0.25) is 0 Å². The molecule has 1 aromatic carbocycles. The van der Waals surface area contributed by atoms with Crippen molar-refractivity contribution in [2.45, 2.75) is 10.1 Å². The summed E-state index contributed by atoms with van der Waals surface area (Å²) in [5, 5.41) is 0. The Kier molecular flexibility index (Phi) is 2.70. The van der Waals surface area contributed by atoms with Crippen LogP contribution in [0.3, 0.4) is 0 Å². The predicted molar refractivity (Wildman–Crippen MR) is 70.1 cm³/mol. The molecule has 2 N–H and O–H groups in total. The summed E-state index contributed by atoms with van der Waals surface area (Å²) in [6, 6.07) is 6.23. The fourth-order valence-electron chi connectivity index (χ4n) is 2.72. The number of carbonyl (C=O) groups is 2. The molecule has 1 aromatic rings. The van der Waals surface area contributed by atoms with Crippen molar-refractivity contribution in [2.24, 2.45) is 5.73 Å². The molecule has 3 nitrogen and oxygen atoms in total. The SMILES string of the molecule is NC(=O)CC(=O)[CH]1C2=[CH][In]1[c]1ccc(Br)cc12. The first-order valence-electron chi connectivity index (χ1n) is 5.40. The van der Waals surface area contributed by atoms with Gasteiger partial charge in [0.25, 0.3) is 0 Å². The number of carbonyl (C=O) groups excluding carboxylic acids is 2. The maximum atomic E-state index is 11.9. The second kappa shape index (κ2) is 3.99.